The van der Waals surface area contributed by atoms with Crippen molar-refractivity contribution in [2.24, 2.45) is 10.9 Å². The van der Waals surface area contributed by atoms with Crippen LogP contribution in [0.3, 0.4) is 0 Å². The Bertz CT molecular complexity index is 948. The van der Waals surface area contributed by atoms with E-state index < -0.39 is 0 Å². The van der Waals surface area contributed by atoms with Crippen molar-refractivity contribution in [2.75, 3.05) is 0 Å². The fraction of sp³-hybridized carbons (Fsp3) is 0.0952. The first-order chi connectivity index (χ1) is 13.3. The van der Waals surface area contributed by atoms with Gasteiger partial charge in [0.15, 0.2) is 5.84 Å². The number of amidine groups is 1. The van der Waals surface area contributed by atoms with Crippen LogP contribution >= 0.6 is 0 Å². The van der Waals surface area contributed by atoms with Crippen LogP contribution in [-0.2, 0) is 18.1 Å². The molecule has 0 aliphatic heterocycles. The lowest BCUT2D eigenvalue weighted by molar-refractivity contribution is 0.130. The third-order valence-electron chi connectivity index (χ3n) is 3.80. The molecule has 3 aromatic rings. The Kier molecular flexibility index (Phi) is 6.00. The number of benzene rings is 2. The van der Waals surface area contributed by atoms with Gasteiger partial charge in [0, 0.05) is 29.1 Å². The Morgan fingerprint density at radius 2 is 1.85 bits per heavy atom. The van der Waals surface area contributed by atoms with Crippen molar-refractivity contribution < 1.29 is 9.57 Å². The zero-order chi connectivity index (χ0) is 18.9. The fourth-order valence-corrected chi connectivity index (χ4v) is 2.35. The molecule has 3 rings (SSSR count). The largest absolute Gasteiger partial charge is 0.489 e. The Hall–Kier alpha value is -3.85. The predicted octanol–water partition coefficient (Wildman–Crippen LogP) is 3.37. The van der Waals surface area contributed by atoms with Gasteiger partial charge in [0.2, 0.25) is 0 Å². The lowest BCUT2D eigenvalue weighted by atomic mass is 10.1. The summed E-state index contributed by atoms with van der Waals surface area (Å²) in [7, 11) is 0. The molecule has 0 saturated heterocycles. The molecule has 6 nitrogen and oxygen atoms in total. The molecule has 0 spiro atoms. The molecular weight excluding hydrogens is 340 g/mol. The van der Waals surface area contributed by atoms with E-state index in [1.807, 2.05) is 48.5 Å². The molecule has 0 atom stereocenters. The van der Waals surface area contributed by atoms with Crippen molar-refractivity contribution in [1.82, 2.24) is 4.98 Å². The van der Waals surface area contributed by atoms with Gasteiger partial charge in [-0.3, -0.25) is 4.98 Å². The van der Waals surface area contributed by atoms with Gasteiger partial charge in [-0.15, -0.1) is 0 Å². The van der Waals surface area contributed by atoms with Gasteiger partial charge in [0.25, 0.3) is 0 Å². The first-order valence-electron chi connectivity index (χ1n) is 8.32. The minimum atomic E-state index is 0.177. The molecule has 2 N–H and O–H groups in total. The molecule has 0 aliphatic carbocycles. The molecule has 0 bridgehead atoms. The molecule has 0 radical (unpaired) electrons. The zero-order valence-electron chi connectivity index (χ0n) is 14.6. The second-order valence-electron chi connectivity index (χ2n) is 5.69. The van der Waals surface area contributed by atoms with Gasteiger partial charge in [-0.1, -0.05) is 29.4 Å². The molecule has 0 aliphatic rings. The van der Waals surface area contributed by atoms with E-state index >= 15 is 0 Å². The Labute approximate surface area is 157 Å². The van der Waals surface area contributed by atoms with Crippen molar-refractivity contribution in [3.63, 3.8) is 0 Å². The van der Waals surface area contributed by atoms with Crippen LogP contribution in [0.15, 0.2) is 78.2 Å². The van der Waals surface area contributed by atoms with E-state index in [-0.39, 0.29) is 12.4 Å². The molecular formula is C21H18N4O2. The molecule has 1 heterocycles. The van der Waals surface area contributed by atoms with Crippen LogP contribution < -0.4 is 10.5 Å². The van der Waals surface area contributed by atoms with Gasteiger partial charge in [-0.25, -0.2) is 0 Å². The number of pyridine rings is 1. The summed E-state index contributed by atoms with van der Waals surface area (Å²) in [5.74, 6) is 0.975. The van der Waals surface area contributed by atoms with Crippen LogP contribution in [0, 0.1) is 11.3 Å². The normalized spacial score (nSPS) is 10.9. The molecule has 6 heteroatoms. The summed E-state index contributed by atoms with van der Waals surface area (Å²) < 4.78 is 5.71. The fourth-order valence-electron chi connectivity index (χ4n) is 2.35. The molecule has 2 aromatic carbocycles. The van der Waals surface area contributed by atoms with Crippen molar-refractivity contribution in [2.45, 2.75) is 13.2 Å². The molecule has 0 fully saturated rings. The van der Waals surface area contributed by atoms with Crippen LogP contribution in [0.2, 0.25) is 0 Å². The number of hydrogen-bond donors (Lipinski definition) is 1. The number of nitrogens with zero attached hydrogens (tertiary/aromatic N) is 3. The highest BCUT2D eigenvalue weighted by molar-refractivity contribution is 5.97. The van der Waals surface area contributed by atoms with Gasteiger partial charge >= 0.3 is 0 Å². The first-order valence-corrected chi connectivity index (χ1v) is 8.32. The monoisotopic (exact) mass is 358 g/mol. The molecule has 1 aromatic heterocycles. The molecule has 27 heavy (non-hydrogen) atoms. The number of aromatic nitrogens is 1. The minimum absolute atomic E-state index is 0.177. The van der Waals surface area contributed by atoms with Crippen LogP contribution in [0.1, 0.15) is 22.3 Å². The number of hydrogen-bond acceptors (Lipinski definition) is 5. The number of nitrogens with two attached hydrogens (primary N) is 1. The van der Waals surface area contributed by atoms with Crippen LogP contribution in [-0.4, -0.2) is 10.8 Å². The van der Waals surface area contributed by atoms with E-state index in [2.05, 4.69) is 16.2 Å². The van der Waals surface area contributed by atoms with Gasteiger partial charge in [-0.2, -0.15) is 5.26 Å². The summed E-state index contributed by atoms with van der Waals surface area (Å²) in [4.78, 5) is 9.34. The number of nitriles is 1. The standard InChI is InChI=1S/C21H18N4O2/c22-12-18-5-1-2-6-19(18)15-27-25-21(23)17-7-9-20(10-8-17)26-14-16-4-3-11-24-13-16/h1-11,13H,14-15H2,(H2,23,25). The minimum Gasteiger partial charge on any atom is -0.489 e. The summed E-state index contributed by atoms with van der Waals surface area (Å²) >= 11 is 0. The van der Waals surface area contributed by atoms with E-state index in [4.69, 9.17) is 20.6 Å². The van der Waals surface area contributed by atoms with Crippen molar-refractivity contribution in [1.29, 1.82) is 5.26 Å². The number of rotatable bonds is 7. The Morgan fingerprint density at radius 3 is 2.59 bits per heavy atom. The molecule has 0 saturated carbocycles. The number of oxime groups is 1. The lowest BCUT2D eigenvalue weighted by Gasteiger charge is -2.07. The average Bonchev–Trinajstić information content (AvgIpc) is 2.73. The third-order valence-corrected chi connectivity index (χ3v) is 3.80. The summed E-state index contributed by atoms with van der Waals surface area (Å²) in [5.41, 5.74) is 8.99. The van der Waals surface area contributed by atoms with E-state index in [9.17, 15) is 0 Å². The van der Waals surface area contributed by atoms with Crippen LogP contribution in [0.5, 0.6) is 5.75 Å². The van der Waals surface area contributed by atoms with Crippen molar-refractivity contribution in [3.05, 3.63) is 95.3 Å². The van der Waals surface area contributed by atoms with E-state index in [0.717, 1.165) is 22.4 Å². The number of ether oxygens (including phenoxy) is 1. The molecule has 134 valence electrons. The lowest BCUT2D eigenvalue weighted by Crippen LogP contribution is -2.13. The summed E-state index contributed by atoms with van der Waals surface area (Å²) in [6.45, 7) is 0.620. The summed E-state index contributed by atoms with van der Waals surface area (Å²) in [6.07, 6.45) is 3.49. The maximum atomic E-state index is 9.07. The smallest absolute Gasteiger partial charge is 0.170 e. The summed E-state index contributed by atoms with van der Waals surface area (Å²) in [5, 5.41) is 13.0. The predicted molar refractivity (Wildman–Crippen MR) is 102 cm³/mol. The Morgan fingerprint density at radius 1 is 1.04 bits per heavy atom. The zero-order valence-corrected chi connectivity index (χ0v) is 14.6. The van der Waals surface area contributed by atoms with Crippen LogP contribution in [0.4, 0.5) is 0 Å². The van der Waals surface area contributed by atoms with E-state index in [0.29, 0.717) is 12.2 Å². The quantitative estimate of drug-likeness (QED) is 0.397. The second kappa shape index (κ2) is 9.02. The van der Waals surface area contributed by atoms with Crippen molar-refractivity contribution in [3.8, 4) is 11.8 Å². The maximum absolute atomic E-state index is 9.07. The van der Waals surface area contributed by atoms with Gasteiger partial charge in [-0.05, 0) is 36.4 Å². The first kappa shape index (κ1) is 18.0. The Balaban J connectivity index is 1.56. The van der Waals surface area contributed by atoms with Gasteiger partial charge in [0.05, 0.1) is 11.6 Å². The topological polar surface area (TPSA) is 93.5 Å². The highest BCUT2D eigenvalue weighted by Crippen LogP contribution is 2.14. The summed E-state index contributed by atoms with van der Waals surface area (Å²) in [6, 6.07) is 20.4. The highest BCUT2D eigenvalue weighted by Gasteiger charge is 2.03. The van der Waals surface area contributed by atoms with Gasteiger partial charge in [0.1, 0.15) is 19.0 Å². The van der Waals surface area contributed by atoms with Crippen molar-refractivity contribution >= 4 is 5.84 Å². The SMILES string of the molecule is N#Cc1ccccc1CON=C(N)c1ccc(OCc2cccnc2)cc1. The van der Waals surface area contributed by atoms with E-state index in [1.165, 1.54) is 0 Å². The van der Waals surface area contributed by atoms with Crippen LogP contribution in [0.25, 0.3) is 0 Å². The average molecular weight is 358 g/mol. The van der Waals surface area contributed by atoms with Gasteiger partial charge < -0.3 is 15.3 Å². The second-order valence-corrected chi connectivity index (χ2v) is 5.69. The maximum Gasteiger partial charge on any atom is 0.170 e. The van der Waals surface area contributed by atoms with E-state index in [1.54, 1.807) is 24.5 Å². The molecule has 0 unspecified atom stereocenters. The third kappa shape index (κ3) is 5.06. The molecule has 0 amide bonds. The highest BCUT2D eigenvalue weighted by atomic mass is 16.6.